The first-order valence-electron chi connectivity index (χ1n) is 3.71. The molecule has 1 aliphatic heterocycles. The molecule has 2 rings (SSSR count). The van der Waals surface area contributed by atoms with E-state index >= 15 is 0 Å². The lowest BCUT2D eigenvalue weighted by molar-refractivity contribution is 0.779. The molecular formula is C8H11NS. The van der Waals surface area contributed by atoms with E-state index in [0.717, 1.165) is 5.92 Å². The van der Waals surface area contributed by atoms with Gasteiger partial charge in [-0.2, -0.15) is 0 Å². The molecule has 2 heteroatoms. The fraction of sp³-hybridized carbons (Fsp3) is 0.500. The molecule has 0 saturated carbocycles. The Kier molecular flexibility index (Phi) is 1.74. The van der Waals surface area contributed by atoms with E-state index in [1.165, 1.54) is 19.5 Å². The molecule has 54 valence electrons. The lowest BCUT2D eigenvalue weighted by atomic mass is 10.1. The van der Waals surface area contributed by atoms with Crippen molar-refractivity contribution in [2.45, 2.75) is 12.3 Å². The summed E-state index contributed by atoms with van der Waals surface area (Å²) < 4.78 is 0. The monoisotopic (exact) mass is 153 g/mol. The van der Waals surface area contributed by atoms with E-state index < -0.39 is 0 Å². The SMILES string of the molecule is c1csc([C@@H]2CCNC2)c1. The van der Waals surface area contributed by atoms with Crippen LogP contribution >= 0.6 is 11.3 Å². The molecule has 0 amide bonds. The lowest BCUT2D eigenvalue weighted by Crippen LogP contribution is -2.07. The van der Waals surface area contributed by atoms with E-state index in [0.29, 0.717) is 0 Å². The van der Waals surface area contributed by atoms with Gasteiger partial charge in [0.2, 0.25) is 0 Å². The van der Waals surface area contributed by atoms with Crippen molar-refractivity contribution in [1.82, 2.24) is 5.32 Å². The summed E-state index contributed by atoms with van der Waals surface area (Å²) >= 11 is 1.88. The summed E-state index contributed by atoms with van der Waals surface area (Å²) in [5.74, 6) is 0.806. The van der Waals surface area contributed by atoms with E-state index in [2.05, 4.69) is 22.8 Å². The predicted octanol–water partition coefficient (Wildman–Crippen LogP) is 1.82. The fourth-order valence-electron chi connectivity index (χ4n) is 1.42. The minimum absolute atomic E-state index is 0.806. The Balaban J connectivity index is 2.12. The summed E-state index contributed by atoms with van der Waals surface area (Å²) in [7, 11) is 0. The second-order valence-electron chi connectivity index (χ2n) is 2.71. The maximum atomic E-state index is 3.37. The van der Waals surface area contributed by atoms with Crippen LogP contribution in [-0.2, 0) is 0 Å². The van der Waals surface area contributed by atoms with Crippen molar-refractivity contribution >= 4 is 11.3 Å². The molecule has 0 radical (unpaired) electrons. The van der Waals surface area contributed by atoms with Crippen LogP contribution in [-0.4, -0.2) is 13.1 Å². The topological polar surface area (TPSA) is 12.0 Å². The smallest absolute Gasteiger partial charge is 0.00893 e. The fourth-order valence-corrected chi connectivity index (χ4v) is 2.29. The van der Waals surface area contributed by atoms with Crippen LogP contribution < -0.4 is 5.32 Å². The van der Waals surface area contributed by atoms with E-state index in [9.17, 15) is 0 Å². The second kappa shape index (κ2) is 2.72. The first-order chi connectivity index (χ1) is 4.97. The maximum absolute atomic E-state index is 3.37. The molecular weight excluding hydrogens is 142 g/mol. The van der Waals surface area contributed by atoms with Crippen LogP contribution in [0, 0.1) is 0 Å². The highest BCUT2D eigenvalue weighted by Gasteiger charge is 2.16. The molecule has 1 fully saturated rings. The molecule has 1 saturated heterocycles. The van der Waals surface area contributed by atoms with Crippen LogP contribution in [0.4, 0.5) is 0 Å². The standard InChI is InChI=1S/C8H11NS/c1-2-8(10-5-1)7-3-4-9-6-7/h1-2,5,7,9H,3-4,6H2/t7-/m1/s1. The van der Waals surface area contributed by atoms with Gasteiger partial charge >= 0.3 is 0 Å². The Morgan fingerprint density at radius 1 is 1.60 bits per heavy atom. The normalized spacial score (nSPS) is 25.4. The van der Waals surface area contributed by atoms with Crippen molar-refractivity contribution in [2.75, 3.05) is 13.1 Å². The first-order valence-corrected chi connectivity index (χ1v) is 4.59. The minimum atomic E-state index is 0.806. The molecule has 0 spiro atoms. The molecule has 10 heavy (non-hydrogen) atoms. The van der Waals surface area contributed by atoms with Crippen LogP contribution in [0.5, 0.6) is 0 Å². The zero-order chi connectivity index (χ0) is 6.81. The Morgan fingerprint density at radius 3 is 3.20 bits per heavy atom. The summed E-state index contributed by atoms with van der Waals surface area (Å²) in [5, 5.41) is 5.53. The molecule has 0 bridgehead atoms. The van der Waals surface area contributed by atoms with Gasteiger partial charge in [0, 0.05) is 17.3 Å². The van der Waals surface area contributed by atoms with Crippen molar-refractivity contribution in [3.05, 3.63) is 22.4 Å². The summed E-state index contributed by atoms with van der Waals surface area (Å²) in [4.78, 5) is 1.55. The van der Waals surface area contributed by atoms with Crippen LogP contribution in [0.3, 0.4) is 0 Å². The Morgan fingerprint density at radius 2 is 2.60 bits per heavy atom. The van der Waals surface area contributed by atoms with Gasteiger partial charge in [0.1, 0.15) is 0 Å². The van der Waals surface area contributed by atoms with E-state index in [1.54, 1.807) is 4.88 Å². The third-order valence-electron chi connectivity index (χ3n) is 2.01. The van der Waals surface area contributed by atoms with Gasteiger partial charge in [0.25, 0.3) is 0 Å². The van der Waals surface area contributed by atoms with Gasteiger partial charge in [-0.1, -0.05) is 6.07 Å². The zero-order valence-corrected chi connectivity index (χ0v) is 6.66. The first kappa shape index (κ1) is 6.38. The summed E-state index contributed by atoms with van der Waals surface area (Å²) in [5.41, 5.74) is 0. The highest BCUT2D eigenvalue weighted by Crippen LogP contribution is 2.25. The van der Waals surface area contributed by atoms with Gasteiger partial charge in [0.05, 0.1) is 0 Å². The van der Waals surface area contributed by atoms with Crippen molar-refractivity contribution < 1.29 is 0 Å². The average Bonchev–Trinajstić information content (AvgIpc) is 2.59. The molecule has 1 aliphatic rings. The zero-order valence-electron chi connectivity index (χ0n) is 5.84. The highest BCUT2D eigenvalue weighted by molar-refractivity contribution is 7.10. The van der Waals surface area contributed by atoms with Gasteiger partial charge in [-0.15, -0.1) is 11.3 Å². The van der Waals surface area contributed by atoms with Gasteiger partial charge in [-0.3, -0.25) is 0 Å². The predicted molar refractivity (Wildman–Crippen MR) is 44.5 cm³/mol. The van der Waals surface area contributed by atoms with Crippen molar-refractivity contribution in [3.63, 3.8) is 0 Å². The second-order valence-corrected chi connectivity index (χ2v) is 3.68. The third-order valence-corrected chi connectivity index (χ3v) is 3.04. The van der Waals surface area contributed by atoms with E-state index in [-0.39, 0.29) is 0 Å². The summed E-state index contributed by atoms with van der Waals surface area (Å²) in [6, 6.07) is 4.38. The van der Waals surface area contributed by atoms with Crippen LogP contribution in [0.2, 0.25) is 0 Å². The summed E-state index contributed by atoms with van der Waals surface area (Å²) in [6.07, 6.45) is 1.32. The quantitative estimate of drug-likeness (QED) is 0.649. The largest absolute Gasteiger partial charge is 0.316 e. The van der Waals surface area contributed by atoms with Crippen molar-refractivity contribution in [3.8, 4) is 0 Å². The number of hydrogen-bond donors (Lipinski definition) is 1. The molecule has 0 aromatic carbocycles. The average molecular weight is 153 g/mol. The number of thiophene rings is 1. The Labute approximate surface area is 65.1 Å². The Bertz CT molecular complexity index is 187. The van der Waals surface area contributed by atoms with Crippen LogP contribution in [0.1, 0.15) is 17.2 Å². The molecule has 1 atom stereocenters. The summed E-state index contributed by atoms with van der Waals surface area (Å²) in [6.45, 7) is 2.38. The highest BCUT2D eigenvalue weighted by atomic mass is 32.1. The maximum Gasteiger partial charge on any atom is 0.00893 e. The third kappa shape index (κ3) is 1.09. The number of hydrogen-bond acceptors (Lipinski definition) is 2. The van der Waals surface area contributed by atoms with Gasteiger partial charge in [-0.25, -0.2) is 0 Å². The van der Waals surface area contributed by atoms with Crippen LogP contribution in [0.25, 0.3) is 0 Å². The van der Waals surface area contributed by atoms with Gasteiger partial charge < -0.3 is 5.32 Å². The molecule has 1 aromatic heterocycles. The minimum Gasteiger partial charge on any atom is -0.316 e. The van der Waals surface area contributed by atoms with Gasteiger partial charge in [-0.05, 0) is 24.4 Å². The molecule has 2 heterocycles. The number of nitrogens with one attached hydrogen (secondary N) is 1. The van der Waals surface area contributed by atoms with E-state index in [1.807, 2.05) is 11.3 Å². The number of rotatable bonds is 1. The van der Waals surface area contributed by atoms with Crippen molar-refractivity contribution in [1.29, 1.82) is 0 Å². The molecule has 1 aromatic rings. The molecule has 1 N–H and O–H groups in total. The molecule has 0 aliphatic carbocycles. The molecule has 1 nitrogen and oxygen atoms in total. The Hall–Kier alpha value is -0.340. The van der Waals surface area contributed by atoms with Gasteiger partial charge in [0.15, 0.2) is 0 Å². The van der Waals surface area contributed by atoms with E-state index in [4.69, 9.17) is 0 Å². The van der Waals surface area contributed by atoms with Crippen molar-refractivity contribution in [2.24, 2.45) is 0 Å². The molecule has 0 unspecified atom stereocenters. The lowest BCUT2D eigenvalue weighted by Gasteiger charge is -2.02. The van der Waals surface area contributed by atoms with Crippen LogP contribution in [0.15, 0.2) is 17.5 Å².